The first-order valence-electron chi connectivity index (χ1n) is 6.81. The van der Waals surface area contributed by atoms with Crippen molar-refractivity contribution >= 4 is 5.97 Å². The van der Waals surface area contributed by atoms with Crippen LogP contribution in [-0.2, 0) is 4.79 Å². The second kappa shape index (κ2) is 3.69. The highest BCUT2D eigenvalue weighted by atomic mass is 16.4. The second-order valence-corrected chi connectivity index (χ2v) is 2.46. The van der Waals surface area contributed by atoms with Crippen LogP contribution >= 0.6 is 0 Å². The molecular formula is C7H16NO3+. The summed E-state index contributed by atoms with van der Waals surface area (Å²) >= 11 is 0. The van der Waals surface area contributed by atoms with Crippen molar-refractivity contribution in [1.82, 2.24) is 0 Å². The van der Waals surface area contributed by atoms with E-state index in [0.717, 1.165) is 7.05 Å². The zero-order valence-electron chi connectivity index (χ0n) is 14.1. The number of carbonyl (C=O) groups is 1. The van der Waals surface area contributed by atoms with Crippen LogP contribution in [0.2, 0.25) is 0 Å². The summed E-state index contributed by atoms with van der Waals surface area (Å²) in [6.45, 7) is -7.03. The van der Waals surface area contributed by atoms with Gasteiger partial charge in [0.25, 0.3) is 0 Å². The minimum Gasteiger partial charge on any atom is -0.481 e. The van der Waals surface area contributed by atoms with Crippen molar-refractivity contribution < 1.29 is 29.1 Å². The number of nitrogens with zero attached hydrogens (tertiary/aromatic N) is 1. The molecule has 0 spiro atoms. The highest BCUT2D eigenvalue weighted by molar-refractivity contribution is 5.67. The van der Waals surface area contributed by atoms with Crippen LogP contribution in [0.3, 0.4) is 0 Å². The molecule has 0 aliphatic rings. The molecule has 0 saturated heterocycles. The molecule has 4 heteroatoms. The Hall–Kier alpha value is -0.610. The van der Waals surface area contributed by atoms with Gasteiger partial charge in [-0.15, -0.1) is 0 Å². The van der Waals surface area contributed by atoms with Gasteiger partial charge in [-0.05, 0) is 0 Å². The number of carboxylic acids is 1. The van der Waals surface area contributed by atoms with Crippen LogP contribution in [-0.4, -0.2) is 55.7 Å². The second-order valence-electron chi connectivity index (χ2n) is 2.46. The average Bonchev–Trinajstić information content (AvgIpc) is 2.12. The topological polar surface area (TPSA) is 57.5 Å². The summed E-state index contributed by atoms with van der Waals surface area (Å²) in [5.41, 5.74) is 0. The van der Waals surface area contributed by atoms with Crippen molar-refractivity contribution in [2.75, 3.05) is 27.5 Å². The summed E-state index contributed by atoms with van der Waals surface area (Å²) in [5, 5.41) is 12.6. The van der Waals surface area contributed by atoms with E-state index in [1.165, 1.54) is 0 Å². The lowest BCUT2D eigenvalue weighted by atomic mass is 10.2. The zero-order chi connectivity index (χ0) is 15.7. The van der Waals surface area contributed by atoms with E-state index in [-0.39, 0.29) is 0 Å². The van der Waals surface area contributed by atoms with E-state index in [1.807, 2.05) is 0 Å². The maximum atomic E-state index is 10.6. The molecule has 11 heavy (non-hydrogen) atoms. The van der Waals surface area contributed by atoms with Crippen LogP contribution in [0, 0.1) is 0 Å². The van der Waals surface area contributed by atoms with Crippen LogP contribution in [0.25, 0.3) is 0 Å². The third-order valence-electron chi connectivity index (χ3n) is 0.841. The number of rotatable bonds is 5. The van der Waals surface area contributed by atoms with Crippen LogP contribution < -0.4 is 0 Å². The quantitative estimate of drug-likeness (QED) is 0.548. The van der Waals surface area contributed by atoms with Crippen LogP contribution in [0.15, 0.2) is 0 Å². The van der Waals surface area contributed by atoms with Gasteiger partial charge >= 0.3 is 5.97 Å². The van der Waals surface area contributed by atoms with Gasteiger partial charge in [-0.1, -0.05) is 0 Å². The number of quaternary nitrogens is 1. The van der Waals surface area contributed by atoms with Crippen molar-refractivity contribution in [2.24, 2.45) is 0 Å². The Kier molecular flexibility index (Phi) is 1.02. The molecule has 66 valence electrons. The molecule has 0 amide bonds. The predicted octanol–water partition coefficient (Wildman–Crippen LogP) is -0.472. The lowest BCUT2D eigenvalue weighted by molar-refractivity contribution is -0.873. The molecule has 0 aromatic rings. The summed E-state index contributed by atoms with van der Waals surface area (Å²) < 4.78 is 56.4. The molecule has 0 aromatic carbocycles. The minimum atomic E-state index is -3.02. The van der Waals surface area contributed by atoms with Gasteiger partial charge in [-0.2, -0.15) is 0 Å². The highest BCUT2D eigenvalue weighted by Crippen LogP contribution is 1.98. The first-order chi connectivity index (χ1) is 8.18. The fourth-order valence-electron chi connectivity index (χ4n) is 0.577. The van der Waals surface area contributed by atoms with Crippen LogP contribution in [0.4, 0.5) is 0 Å². The molecule has 0 fully saturated rings. The monoisotopic (exact) mass is 170 g/mol. The Bertz CT molecular complexity index is 326. The molecule has 1 atom stereocenters. The van der Waals surface area contributed by atoms with Gasteiger partial charge in [-0.25, -0.2) is 0 Å². The average molecular weight is 170 g/mol. The summed E-state index contributed by atoms with van der Waals surface area (Å²) in [6, 6.07) is 0. The maximum Gasteiger partial charge on any atom is 0.306 e. The van der Waals surface area contributed by atoms with Gasteiger partial charge in [0.1, 0.15) is 12.6 Å². The number of carboxylic acid groups (broad SMARTS) is 1. The summed E-state index contributed by atoms with van der Waals surface area (Å²) in [5.74, 6) is -1.50. The van der Waals surface area contributed by atoms with Gasteiger partial charge in [0.15, 0.2) is 0 Å². The van der Waals surface area contributed by atoms with Gasteiger partial charge in [0, 0.05) is 0 Å². The summed E-state index contributed by atoms with van der Waals surface area (Å²) in [7, 11) is 0.851. The van der Waals surface area contributed by atoms with Gasteiger partial charge in [-0.3, -0.25) is 4.79 Å². The van der Waals surface area contributed by atoms with Crippen molar-refractivity contribution in [3.05, 3.63) is 0 Å². The Balaban J connectivity index is 5.52. The Morgan fingerprint density at radius 1 is 1.91 bits per heavy atom. The van der Waals surface area contributed by atoms with Crippen molar-refractivity contribution in [2.45, 2.75) is 12.5 Å². The van der Waals surface area contributed by atoms with E-state index >= 15 is 0 Å². The first kappa shape index (κ1) is 3.03. The SMILES string of the molecule is [2H]OC([2H])(CC(=O)O)C[N+](C)(C([2H])([2H])[2H])C([2H])([2H])[2H]. The van der Waals surface area contributed by atoms with Crippen LogP contribution in [0.5, 0.6) is 0 Å². The van der Waals surface area contributed by atoms with E-state index in [2.05, 4.69) is 5.11 Å². The van der Waals surface area contributed by atoms with E-state index in [4.69, 9.17) is 16.1 Å². The standard InChI is InChI=1S/C7H15NO3/c1-8(2,3)5-6(9)4-7(10)11/h6,9H,4-5H2,1-3H3/p+1/i1D3,2D3,6D,9D. The molecule has 0 aromatic heterocycles. The summed E-state index contributed by atoms with van der Waals surface area (Å²) in [6.07, 6.45) is -3.47. The molecule has 0 aliphatic carbocycles. The Labute approximate surface area is 78.0 Å². The number of aliphatic hydroxyl groups is 1. The fourth-order valence-corrected chi connectivity index (χ4v) is 0.577. The molecule has 0 rings (SSSR count). The van der Waals surface area contributed by atoms with E-state index in [0.29, 0.717) is 0 Å². The fraction of sp³-hybridized carbons (Fsp3) is 0.857. The lowest BCUT2D eigenvalue weighted by Crippen LogP contribution is -2.42. The summed E-state index contributed by atoms with van der Waals surface area (Å²) in [4.78, 5) is 10.6. The van der Waals surface area contributed by atoms with Gasteiger partial charge in [0.2, 0.25) is 1.43 Å². The third-order valence-corrected chi connectivity index (χ3v) is 0.841. The van der Waals surface area contributed by atoms with Crippen molar-refractivity contribution in [3.63, 3.8) is 0 Å². The number of likely N-dealkylation sites (N-methyl/N-ethyl adjacent to an activating group) is 1. The Morgan fingerprint density at radius 2 is 2.55 bits per heavy atom. The van der Waals surface area contributed by atoms with Gasteiger partial charge in [0.05, 0.1) is 37.0 Å². The number of aliphatic carboxylic acids is 1. The molecular weight excluding hydrogens is 146 g/mol. The molecule has 0 radical (unpaired) electrons. The smallest absolute Gasteiger partial charge is 0.306 e. The first-order valence-corrected chi connectivity index (χ1v) is 2.90. The van der Waals surface area contributed by atoms with E-state index < -0.39 is 43.4 Å². The minimum absolute atomic E-state index is 0.851. The van der Waals surface area contributed by atoms with Gasteiger partial charge < -0.3 is 14.7 Å². The van der Waals surface area contributed by atoms with E-state index in [9.17, 15) is 4.79 Å². The third kappa shape index (κ3) is 7.29. The van der Waals surface area contributed by atoms with E-state index in [1.54, 1.807) is 0 Å². The molecule has 1 unspecified atom stereocenters. The molecule has 0 bridgehead atoms. The van der Waals surface area contributed by atoms with Crippen molar-refractivity contribution in [3.8, 4) is 0 Å². The molecule has 2 N–H and O–H groups in total. The molecule has 4 nitrogen and oxygen atoms in total. The molecule has 0 aliphatic heterocycles. The number of hydrogen-bond acceptors (Lipinski definition) is 2. The lowest BCUT2D eigenvalue weighted by Gasteiger charge is -2.25. The maximum absolute atomic E-state index is 10.6. The van der Waals surface area contributed by atoms with Crippen molar-refractivity contribution in [1.29, 1.82) is 1.43 Å². The number of hydrogen-bond donors (Lipinski definition) is 2. The molecule has 0 saturated carbocycles. The largest absolute Gasteiger partial charge is 0.481 e. The molecule has 0 heterocycles. The zero-order valence-corrected chi connectivity index (χ0v) is 6.13. The normalized spacial score (nSPS) is 30.3. The van der Waals surface area contributed by atoms with Crippen LogP contribution in [0.1, 0.15) is 16.0 Å². The highest BCUT2D eigenvalue weighted by Gasteiger charge is 2.17. The predicted molar refractivity (Wildman–Crippen MR) is 41.2 cm³/mol. The Morgan fingerprint density at radius 3 is 2.91 bits per heavy atom.